The minimum atomic E-state index is 0.173. The van der Waals surface area contributed by atoms with E-state index < -0.39 is 0 Å². The summed E-state index contributed by atoms with van der Waals surface area (Å²) in [6, 6.07) is 0. The van der Waals surface area contributed by atoms with Crippen LogP contribution in [0, 0.1) is 0 Å². The minimum absolute atomic E-state index is 0.173. The van der Waals surface area contributed by atoms with Crippen molar-refractivity contribution in [3.63, 3.8) is 0 Å². The molecule has 2 nitrogen and oxygen atoms in total. The van der Waals surface area contributed by atoms with Gasteiger partial charge in [-0.05, 0) is 46.3 Å². The van der Waals surface area contributed by atoms with Gasteiger partial charge in [0.05, 0.1) is 0 Å². The number of nitrogens with two attached hydrogens (primary N) is 1. The molecular formula is C12H26N2. The molecular weight excluding hydrogens is 172 g/mol. The monoisotopic (exact) mass is 198 g/mol. The smallest absolute Gasteiger partial charge is 0.0154 e. The van der Waals surface area contributed by atoms with Crippen LogP contribution in [0.15, 0.2) is 0 Å². The van der Waals surface area contributed by atoms with Crippen LogP contribution in [0.3, 0.4) is 0 Å². The second kappa shape index (κ2) is 5.72. The minimum Gasteiger partial charge on any atom is -0.325 e. The molecule has 2 heteroatoms. The molecule has 0 unspecified atom stereocenters. The molecule has 0 aromatic rings. The molecule has 2 N–H and O–H groups in total. The Bertz CT molecular complexity index is 146. The lowest BCUT2D eigenvalue weighted by molar-refractivity contribution is 0.306. The van der Waals surface area contributed by atoms with Crippen molar-refractivity contribution >= 4 is 0 Å². The topological polar surface area (TPSA) is 29.3 Å². The van der Waals surface area contributed by atoms with Crippen LogP contribution in [-0.4, -0.2) is 31.1 Å². The van der Waals surface area contributed by atoms with Crippen LogP contribution in [-0.2, 0) is 0 Å². The van der Waals surface area contributed by atoms with Crippen molar-refractivity contribution in [2.24, 2.45) is 5.73 Å². The summed E-state index contributed by atoms with van der Waals surface area (Å²) < 4.78 is 0. The predicted octanol–water partition coefficient (Wildman–Crippen LogP) is 2.38. The average molecular weight is 198 g/mol. The van der Waals surface area contributed by atoms with E-state index in [4.69, 9.17) is 5.73 Å². The van der Waals surface area contributed by atoms with Crippen LogP contribution in [0.1, 0.15) is 51.4 Å². The quantitative estimate of drug-likeness (QED) is 0.703. The van der Waals surface area contributed by atoms with Crippen molar-refractivity contribution in [1.82, 2.24) is 4.90 Å². The van der Waals surface area contributed by atoms with Crippen molar-refractivity contribution in [1.29, 1.82) is 0 Å². The Balaban J connectivity index is 2.24. The second-order valence-corrected chi connectivity index (χ2v) is 5.18. The van der Waals surface area contributed by atoms with Crippen LogP contribution in [0.25, 0.3) is 0 Å². The lowest BCUT2D eigenvalue weighted by Gasteiger charge is -2.28. The van der Waals surface area contributed by atoms with Gasteiger partial charge in [-0.2, -0.15) is 0 Å². The van der Waals surface area contributed by atoms with Crippen molar-refractivity contribution < 1.29 is 0 Å². The molecule has 1 fully saturated rings. The van der Waals surface area contributed by atoms with Gasteiger partial charge in [0.15, 0.2) is 0 Å². The van der Waals surface area contributed by atoms with Crippen LogP contribution in [0.4, 0.5) is 0 Å². The highest BCUT2D eigenvalue weighted by atomic mass is 15.0. The van der Waals surface area contributed by atoms with E-state index in [1.165, 1.54) is 57.9 Å². The van der Waals surface area contributed by atoms with E-state index in [1.54, 1.807) is 0 Å². The molecule has 1 saturated carbocycles. The van der Waals surface area contributed by atoms with Gasteiger partial charge in [0.2, 0.25) is 0 Å². The van der Waals surface area contributed by atoms with Gasteiger partial charge in [0.1, 0.15) is 0 Å². The molecule has 0 radical (unpaired) electrons. The van der Waals surface area contributed by atoms with E-state index >= 15 is 0 Å². The third-order valence-electron chi connectivity index (χ3n) is 3.38. The number of hydrogen-bond donors (Lipinski definition) is 1. The Kier molecular flexibility index (Phi) is 4.90. The molecule has 1 aliphatic rings. The SMILES string of the molecule is CN(C)CCCC1(N)CCCCCC1. The van der Waals surface area contributed by atoms with Gasteiger partial charge in [-0.3, -0.25) is 0 Å². The van der Waals surface area contributed by atoms with Crippen LogP contribution in [0.2, 0.25) is 0 Å². The first-order valence-electron chi connectivity index (χ1n) is 6.06. The molecule has 1 rings (SSSR count). The van der Waals surface area contributed by atoms with Crippen molar-refractivity contribution in [3.8, 4) is 0 Å². The first-order chi connectivity index (χ1) is 6.62. The zero-order valence-corrected chi connectivity index (χ0v) is 9.89. The van der Waals surface area contributed by atoms with E-state index in [0.29, 0.717) is 0 Å². The normalized spacial score (nSPS) is 22.3. The first-order valence-corrected chi connectivity index (χ1v) is 6.06. The summed E-state index contributed by atoms with van der Waals surface area (Å²) in [6.45, 7) is 1.18. The lowest BCUT2D eigenvalue weighted by Crippen LogP contribution is -2.39. The van der Waals surface area contributed by atoms with Crippen LogP contribution >= 0.6 is 0 Å². The Morgan fingerprint density at radius 1 is 1.07 bits per heavy atom. The molecule has 0 aromatic heterocycles. The standard InChI is InChI=1S/C12H26N2/c1-14(2)11-7-10-12(13)8-5-3-4-6-9-12/h3-11,13H2,1-2H3. The number of nitrogens with zero attached hydrogens (tertiary/aromatic N) is 1. The maximum absolute atomic E-state index is 6.43. The third kappa shape index (κ3) is 4.43. The van der Waals surface area contributed by atoms with Crippen LogP contribution < -0.4 is 5.73 Å². The maximum atomic E-state index is 6.43. The van der Waals surface area contributed by atoms with Gasteiger partial charge < -0.3 is 10.6 Å². The van der Waals surface area contributed by atoms with Gasteiger partial charge >= 0.3 is 0 Å². The van der Waals surface area contributed by atoms with Crippen molar-refractivity contribution in [3.05, 3.63) is 0 Å². The molecule has 84 valence electrons. The average Bonchev–Trinajstić information content (AvgIpc) is 2.30. The molecule has 0 saturated heterocycles. The molecule has 0 heterocycles. The Labute approximate surface area is 88.8 Å². The number of rotatable bonds is 4. The van der Waals surface area contributed by atoms with E-state index in [9.17, 15) is 0 Å². The first kappa shape index (κ1) is 12.0. The fraction of sp³-hybridized carbons (Fsp3) is 1.00. The van der Waals surface area contributed by atoms with Crippen molar-refractivity contribution in [2.45, 2.75) is 56.9 Å². The Hall–Kier alpha value is -0.0800. The van der Waals surface area contributed by atoms with Gasteiger partial charge in [0, 0.05) is 5.54 Å². The van der Waals surface area contributed by atoms with Crippen molar-refractivity contribution in [2.75, 3.05) is 20.6 Å². The molecule has 0 atom stereocenters. The molecule has 0 spiro atoms. The van der Waals surface area contributed by atoms with Gasteiger partial charge in [-0.1, -0.05) is 25.7 Å². The summed E-state index contributed by atoms with van der Waals surface area (Å²) >= 11 is 0. The molecule has 14 heavy (non-hydrogen) atoms. The van der Waals surface area contributed by atoms with E-state index in [2.05, 4.69) is 19.0 Å². The van der Waals surface area contributed by atoms with Gasteiger partial charge in [0.25, 0.3) is 0 Å². The maximum Gasteiger partial charge on any atom is 0.0154 e. The Morgan fingerprint density at radius 2 is 1.64 bits per heavy atom. The summed E-state index contributed by atoms with van der Waals surface area (Å²) in [5.74, 6) is 0. The summed E-state index contributed by atoms with van der Waals surface area (Å²) in [5.41, 5.74) is 6.60. The second-order valence-electron chi connectivity index (χ2n) is 5.18. The fourth-order valence-electron chi connectivity index (χ4n) is 2.43. The van der Waals surface area contributed by atoms with E-state index in [1.807, 2.05) is 0 Å². The lowest BCUT2D eigenvalue weighted by atomic mass is 9.86. The van der Waals surface area contributed by atoms with Crippen LogP contribution in [0.5, 0.6) is 0 Å². The summed E-state index contributed by atoms with van der Waals surface area (Å²) in [6.07, 6.45) is 10.5. The predicted molar refractivity (Wildman–Crippen MR) is 62.4 cm³/mol. The third-order valence-corrected chi connectivity index (χ3v) is 3.38. The molecule has 0 aliphatic heterocycles. The molecule has 0 amide bonds. The van der Waals surface area contributed by atoms with Gasteiger partial charge in [-0.25, -0.2) is 0 Å². The van der Waals surface area contributed by atoms with E-state index in [0.717, 1.165) is 0 Å². The molecule has 1 aliphatic carbocycles. The molecule has 0 aromatic carbocycles. The Morgan fingerprint density at radius 3 is 2.14 bits per heavy atom. The summed E-state index contributed by atoms with van der Waals surface area (Å²) in [7, 11) is 4.27. The highest BCUT2D eigenvalue weighted by Crippen LogP contribution is 2.28. The fourth-order valence-corrected chi connectivity index (χ4v) is 2.43. The number of hydrogen-bond acceptors (Lipinski definition) is 2. The summed E-state index contributed by atoms with van der Waals surface area (Å²) in [4.78, 5) is 2.25. The highest BCUT2D eigenvalue weighted by Gasteiger charge is 2.25. The summed E-state index contributed by atoms with van der Waals surface area (Å²) in [5, 5.41) is 0. The largest absolute Gasteiger partial charge is 0.325 e. The molecule has 0 bridgehead atoms. The van der Waals surface area contributed by atoms with E-state index in [-0.39, 0.29) is 5.54 Å². The highest BCUT2D eigenvalue weighted by molar-refractivity contribution is 4.85. The van der Waals surface area contributed by atoms with Gasteiger partial charge in [-0.15, -0.1) is 0 Å². The zero-order valence-electron chi connectivity index (χ0n) is 9.89. The zero-order chi connectivity index (χ0) is 10.4.